The van der Waals surface area contributed by atoms with Gasteiger partial charge < -0.3 is 4.74 Å². The van der Waals surface area contributed by atoms with Crippen LogP contribution in [0, 0.1) is 6.92 Å². The van der Waals surface area contributed by atoms with E-state index in [4.69, 9.17) is 4.74 Å². The minimum atomic E-state index is 0.0723. The van der Waals surface area contributed by atoms with Crippen molar-refractivity contribution in [3.63, 3.8) is 0 Å². The molecule has 0 aliphatic carbocycles. The summed E-state index contributed by atoms with van der Waals surface area (Å²) in [7, 11) is 3.12. The Hall–Kier alpha value is -0.640. The van der Waals surface area contributed by atoms with E-state index in [0.717, 1.165) is 17.8 Å². The van der Waals surface area contributed by atoms with Crippen molar-refractivity contribution in [2.24, 2.45) is 0 Å². The average molecular weight is 305 g/mol. The number of aromatic nitrogens is 2. The maximum atomic E-state index is 10.8. The van der Waals surface area contributed by atoms with Crippen LogP contribution in [0.1, 0.15) is 58.5 Å². The molecule has 118 valence electrons. The third kappa shape index (κ3) is 12.4. The van der Waals surface area contributed by atoms with E-state index >= 15 is 0 Å². The Morgan fingerprint density at radius 2 is 1.80 bits per heavy atom. The molecule has 1 heterocycles. The van der Waals surface area contributed by atoms with Crippen molar-refractivity contribution in [1.29, 1.82) is 0 Å². The highest BCUT2D eigenvalue weighted by atomic mass is 31.0. The summed E-state index contributed by atoms with van der Waals surface area (Å²) in [6, 6.07) is 0. The minimum absolute atomic E-state index is 0.0723. The van der Waals surface area contributed by atoms with E-state index in [1.54, 1.807) is 12.4 Å². The summed E-state index contributed by atoms with van der Waals surface area (Å²) in [5.41, 5.74) is 1.86. The molecular formula is C14H29FN3OP. The molecule has 0 radical (unpaired) electrons. The van der Waals surface area contributed by atoms with Gasteiger partial charge in [-0.15, -0.1) is 9.37 Å². The number of rotatable bonds is 4. The second kappa shape index (κ2) is 13.3. The van der Waals surface area contributed by atoms with Gasteiger partial charge >= 0.3 is 0 Å². The summed E-state index contributed by atoms with van der Waals surface area (Å²) < 4.78 is 16.5. The average Bonchev–Trinajstić information content (AvgIpc) is 2.38. The zero-order valence-corrected chi connectivity index (χ0v) is 14.9. The van der Waals surface area contributed by atoms with Crippen molar-refractivity contribution in [2.45, 2.75) is 60.2 Å². The fourth-order valence-electron chi connectivity index (χ4n) is 1.27. The Morgan fingerprint density at radius 3 is 2.10 bits per heavy atom. The van der Waals surface area contributed by atoms with Crippen LogP contribution < -0.4 is 0 Å². The van der Waals surface area contributed by atoms with E-state index in [-0.39, 0.29) is 12.2 Å². The van der Waals surface area contributed by atoms with Crippen LogP contribution in [0.4, 0.5) is 4.48 Å². The molecule has 1 aromatic heterocycles. The van der Waals surface area contributed by atoms with Gasteiger partial charge in [-0.25, -0.2) is 0 Å². The maximum Gasteiger partial charge on any atom is 0.101 e. The van der Waals surface area contributed by atoms with Gasteiger partial charge in [0.1, 0.15) is 6.10 Å². The summed E-state index contributed by atoms with van der Waals surface area (Å²) in [6.45, 7) is 12.1. The van der Waals surface area contributed by atoms with Gasteiger partial charge in [-0.1, -0.05) is 20.8 Å². The molecular weight excluding hydrogens is 276 g/mol. The predicted octanol–water partition coefficient (Wildman–Crippen LogP) is 4.28. The number of hydrogen-bond donors (Lipinski definition) is 0. The SMILES string of the molecule is CC.CCC(OC(C)C)c1cnc(C)cn1.CN(F)P. The molecule has 0 amide bonds. The van der Waals surface area contributed by atoms with Crippen LogP contribution in [0.25, 0.3) is 0 Å². The first kappa shape index (κ1) is 21.7. The van der Waals surface area contributed by atoms with Crippen LogP contribution in [-0.4, -0.2) is 28.0 Å². The molecule has 0 N–H and O–H groups in total. The van der Waals surface area contributed by atoms with Gasteiger partial charge in [0.2, 0.25) is 0 Å². The smallest absolute Gasteiger partial charge is 0.101 e. The monoisotopic (exact) mass is 305 g/mol. The lowest BCUT2D eigenvalue weighted by Crippen LogP contribution is -2.11. The molecule has 20 heavy (non-hydrogen) atoms. The number of ether oxygens (including phenoxy) is 1. The molecule has 2 unspecified atom stereocenters. The van der Waals surface area contributed by atoms with Crippen LogP contribution in [0.2, 0.25) is 0 Å². The molecule has 4 nitrogen and oxygen atoms in total. The normalized spacial score (nSPS) is 11.3. The van der Waals surface area contributed by atoms with Crippen molar-refractivity contribution >= 4 is 9.39 Å². The molecule has 2 atom stereocenters. The molecule has 0 aliphatic heterocycles. The highest BCUT2D eigenvalue weighted by Crippen LogP contribution is 2.19. The number of nitrogens with zero attached hydrogens (tertiary/aromatic N) is 3. The van der Waals surface area contributed by atoms with Gasteiger partial charge in [-0.2, -0.15) is 0 Å². The van der Waals surface area contributed by atoms with E-state index in [1.807, 2.05) is 44.0 Å². The van der Waals surface area contributed by atoms with Crippen molar-refractivity contribution in [3.05, 3.63) is 23.8 Å². The molecule has 6 heteroatoms. The molecule has 0 fully saturated rings. The van der Waals surface area contributed by atoms with Crippen molar-refractivity contribution in [3.8, 4) is 0 Å². The lowest BCUT2D eigenvalue weighted by molar-refractivity contribution is 0.00184. The van der Waals surface area contributed by atoms with Crippen molar-refractivity contribution in [1.82, 2.24) is 14.9 Å². The lowest BCUT2D eigenvalue weighted by atomic mass is 10.2. The number of halogens is 1. The quantitative estimate of drug-likeness (QED) is 0.615. The zero-order chi connectivity index (χ0) is 16.1. The lowest BCUT2D eigenvalue weighted by Gasteiger charge is -2.17. The van der Waals surface area contributed by atoms with Gasteiger partial charge in [0.05, 0.1) is 23.7 Å². The van der Waals surface area contributed by atoms with E-state index in [0.29, 0.717) is 4.89 Å². The van der Waals surface area contributed by atoms with Gasteiger partial charge in [-0.05, 0) is 36.6 Å². The van der Waals surface area contributed by atoms with Crippen LogP contribution in [0.15, 0.2) is 12.4 Å². The topological polar surface area (TPSA) is 38.3 Å². The second-order valence-electron chi connectivity index (χ2n) is 4.19. The molecule has 1 rings (SSSR count). The molecule has 0 spiro atoms. The van der Waals surface area contributed by atoms with E-state index in [9.17, 15) is 4.48 Å². The van der Waals surface area contributed by atoms with E-state index in [1.165, 1.54) is 7.05 Å². The van der Waals surface area contributed by atoms with E-state index < -0.39 is 0 Å². The third-order valence-corrected chi connectivity index (χ3v) is 1.94. The largest absolute Gasteiger partial charge is 0.369 e. The van der Waals surface area contributed by atoms with Gasteiger partial charge in [0.15, 0.2) is 0 Å². The molecule has 0 saturated heterocycles. The molecule has 0 aliphatic rings. The van der Waals surface area contributed by atoms with Crippen LogP contribution in [-0.2, 0) is 4.74 Å². The van der Waals surface area contributed by atoms with Crippen LogP contribution in [0.5, 0.6) is 0 Å². The maximum absolute atomic E-state index is 10.8. The summed E-state index contributed by atoms with van der Waals surface area (Å²) >= 11 is 0. The molecule has 0 bridgehead atoms. The second-order valence-corrected chi connectivity index (χ2v) is 4.90. The fraction of sp³-hybridized carbons (Fsp3) is 0.714. The fourth-order valence-corrected chi connectivity index (χ4v) is 1.27. The Morgan fingerprint density at radius 1 is 1.30 bits per heavy atom. The standard InChI is InChI=1S/C11H18N2O.C2H6.CH5FNP/c1-5-11(14-8(2)3)10-7-12-9(4)6-13-10;1-2;1-3(2)4/h6-8,11H,5H2,1-4H3;1-2H3;4H2,1H3. The highest BCUT2D eigenvalue weighted by molar-refractivity contribution is 7.12. The number of hydrogen-bond acceptors (Lipinski definition) is 4. The first-order chi connectivity index (χ1) is 9.36. The number of aryl methyl sites for hydroxylation is 1. The zero-order valence-electron chi connectivity index (χ0n) is 13.7. The summed E-state index contributed by atoms with van der Waals surface area (Å²) in [6.07, 6.45) is 4.80. The van der Waals surface area contributed by atoms with Crippen molar-refractivity contribution in [2.75, 3.05) is 7.05 Å². The van der Waals surface area contributed by atoms with Gasteiger partial charge in [0, 0.05) is 13.2 Å². The first-order valence-electron chi connectivity index (χ1n) is 6.95. The van der Waals surface area contributed by atoms with Gasteiger partial charge in [-0.3, -0.25) is 9.97 Å². The Kier molecular flexibility index (Phi) is 14.5. The van der Waals surface area contributed by atoms with Crippen molar-refractivity contribution < 1.29 is 9.22 Å². The van der Waals surface area contributed by atoms with Crippen LogP contribution >= 0.6 is 9.39 Å². The summed E-state index contributed by atoms with van der Waals surface area (Å²) in [5.74, 6) is 0. The Balaban J connectivity index is 0. The van der Waals surface area contributed by atoms with Gasteiger partial charge in [0.25, 0.3) is 0 Å². The first-order valence-corrected chi connectivity index (χ1v) is 7.46. The summed E-state index contributed by atoms with van der Waals surface area (Å²) in [5, 5.41) is 0. The van der Waals surface area contributed by atoms with E-state index in [2.05, 4.69) is 16.9 Å². The van der Waals surface area contributed by atoms with Crippen LogP contribution in [0.3, 0.4) is 0 Å². The highest BCUT2D eigenvalue weighted by Gasteiger charge is 2.12. The predicted molar refractivity (Wildman–Crippen MR) is 86.0 cm³/mol. The minimum Gasteiger partial charge on any atom is -0.369 e. The Bertz CT molecular complexity index is 318. The molecule has 0 aromatic carbocycles. The Labute approximate surface area is 125 Å². The molecule has 1 aromatic rings. The third-order valence-electron chi connectivity index (χ3n) is 1.94. The molecule has 0 saturated carbocycles. The summed E-state index contributed by atoms with van der Waals surface area (Å²) in [4.78, 5) is 8.94.